The fourth-order valence-corrected chi connectivity index (χ4v) is 4.79. The van der Waals surface area contributed by atoms with Crippen molar-refractivity contribution in [3.63, 3.8) is 0 Å². The second-order valence-corrected chi connectivity index (χ2v) is 10.1. The molecule has 228 valence electrons. The minimum absolute atomic E-state index is 0.0871. The van der Waals surface area contributed by atoms with E-state index in [9.17, 15) is 14.0 Å². The first-order chi connectivity index (χ1) is 21.3. The Bertz CT molecular complexity index is 1610. The number of allylic oxidation sites excluding steroid dienone is 2. The molecule has 0 fully saturated rings. The Morgan fingerprint density at radius 2 is 1.84 bits per heavy atom. The van der Waals surface area contributed by atoms with Crippen LogP contribution in [0, 0.1) is 5.82 Å². The third-order valence-electron chi connectivity index (χ3n) is 6.55. The summed E-state index contributed by atoms with van der Waals surface area (Å²) in [6.45, 7) is 7.25. The summed E-state index contributed by atoms with van der Waals surface area (Å²) < 4.78 is 30.9. The third-order valence-corrected chi connectivity index (χ3v) is 6.77. The topological polar surface area (TPSA) is 110 Å². The number of hydrazone groups is 1. The van der Waals surface area contributed by atoms with Crippen LogP contribution >= 0.6 is 12.2 Å². The van der Waals surface area contributed by atoms with Crippen molar-refractivity contribution in [1.29, 1.82) is 0 Å². The molecule has 11 heteroatoms. The number of nitrogens with zero attached hydrogens (tertiary/aromatic N) is 1. The van der Waals surface area contributed by atoms with Gasteiger partial charge in [-0.05, 0) is 73.9 Å². The van der Waals surface area contributed by atoms with Crippen molar-refractivity contribution in [2.24, 2.45) is 5.10 Å². The van der Waals surface area contributed by atoms with E-state index in [1.807, 2.05) is 6.07 Å². The second kappa shape index (κ2) is 15.4. The highest BCUT2D eigenvalue weighted by atomic mass is 32.1. The zero-order valence-electron chi connectivity index (χ0n) is 24.4. The highest BCUT2D eigenvalue weighted by Crippen LogP contribution is 2.33. The number of thiocarbonyl (C=S) groups is 1. The maximum absolute atomic E-state index is 14.0. The number of hydrogen-bond acceptors (Lipinski definition) is 7. The van der Waals surface area contributed by atoms with Crippen LogP contribution in [0.25, 0.3) is 0 Å². The molecule has 3 aromatic rings. The van der Waals surface area contributed by atoms with E-state index in [1.54, 1.807) is 74.5 Å². The predicted molar refractivity (Wildman–Crippen MR) is 170 cm³/mol. The zero-order chi connectivity index (χ0) is 31.5. The summed E-state index contributed by atoms with van der Waals surface area (Å²) in [4.78, 5) is 25.3. The zero-order valence-corrected chi connectivity index (χ0v) is 25.2. The van der Waals surface area contributed by atoms with E-state index in [-0.39, 0.29) is 25.6 Å². The summed E-state index contributed by atoms with van der Waals surface area (Å²) in [6, 6.07) is 18.3. The van der Waals surface area contributed by atoms with Gasteiger partial charge in [-0.15, -0.1) is 6.58 Å². The van der Waals surface area contributed by atoms with Crippen LogP contribution in [0.15, 0.2) is 95.8 Å². The molecule has 0 saturated carbocycles. The Kier molecular flexibility index (Phi) is 11.2. The van der Waals surface area contributed by atoms with Gasteiger partial charge in [0.25, 0.3) is 5.91 Å². The molecule has 9 nitrogen and oxygen atoms in total. The number of nitrogens with one attached hydrogen (secondary N) is 3. The van der Waals surface area contributed by atoms with E-state index in [1.165, 1.54) is 12.3 Å². The third kappa shape index (κ3) is 8.29. The molecule has 0 aliphatic carbocycles. The van der Waals surface area contributed by atoms with E-state index in [2.05, 4.69) is 27.7 Å². The van der Waals surface area contributed by atoms with Gasteiger partial charge in [0, 0.05) is 16.8 Å². The largest absolute Gasteiger partial charge is 0.489 e. The van der Waals surface area contributed by atoms with Crippen LogP contribution < -0.4 is 25.5 Å². The number of amides is 1. The molecule has 0 spiro atoms. The van der Waals surface area contributed by atoms with Crippen molar-refractivity contribution in [2.45, 2.75) is 32.9 Å². The number of halogens is 1. The Hall–Kier alpha value is -5.03. The molecule has 1 atom stereocenters. The number of para-hydroxylation sites is 1. The monoisotopic (exact) mass is 616 g/mol. The molecule has 0 unspecified atom stereocenters. The molecule has 3 N–H and O–H groups in total. The van der Waals surface area contributed by atoms with Gasteiger partial charge in [0.2, 0.25) is 0 Å². The normalized spacial score (nSPS) is 14.4. The minimum atomic E-state index is -0.636. The van der Waals surface area contributed by atoms with Crippen LogP contribution in [0.3, 0.4) is 0 Å². The van der Waals surface area contributed by atoms with Crippen molar-refractivity contribution in [3.05, 3.63) is 119 Å². The van der Waals surface area contributed by atoms with E-state index >= 15 is 0 Å². The summed E-state index contributed by atoms with van der Waals surface area (Å²) in [7, 11) is 0. The van der Waals surface area contributed by atoms with Crippen LogP contribution in [0.4, 0.5) is 4.39 Å². The van der Waals surface area contributed by atoms with Gasteiger partial charge in [-0.1, -0.05) is 42.5 Å². The Morgan fingerprint density at radius 1 is 1.07 bits per heavy atom. The molecule has 1 aliphatic rings. The lowest BCUT2D eigenvalue weighted by atomic mass is 9.95. The van der Waals surface area contributed by atoms with E-state index in [4.69, 9.17) is 26.4 Å². The van der Waals surface area contributed by atoms with Gasteiger partial charge in [0.15, 0.2) is 11.7 Å². The van der Waals surface area contributed by atoms with Crippen LogP contribution in [0.5, 0.6) is 11.5 Å². The van der Waals surface area contributed by atoms with Gasteiger partial charge in [-0.2, -0.15) is 5.10 Å². The number of hydrogen-bond donors (Lipinski definition) is 3. The molecule has 0 saturated heterocycles. The first kappa shape index (κ1) is 31.9. The molecule has 1 amide bonds. The quantitative estimate of drug-likeness (QED) is 0.0808. The lowest BCUT2D eigenvalue weighted by Gasteiger charge is -2.30. The standard InChI is InChI=1S/C33H33FN4O5S/c1-4-10-23-17-22(15-16-27(23)42-19-24-11-6-8-13-26(24)34)18-35-38-29(39)20-43-28-14-9-7-12-25(28)31-30(32(40)41-5-2)21(3)36-33(44)37-31/h4,6-9,11-18,31H,1,5,10,19-20H2,2-3H3,(H,38,39)(H2,36,37,44)/t31-/m1/s1. The van der Waals surface area contributed by atoms with Crippen molar-refractivity contribution >= 4 is 35.4 Å². The van der Waals surface area contributed by atoms with Crippen LogP contribution in [-0.2, 0) is 27.4 Å². The first-order valence-corrected chi connectivity index (χ1v) is 14.3. The average Bonchev–Trinajstić information content (AvgIpc) is 3.00. The van der Waals surface area contributed by atoms with E-state index in [0.29, 0.717) is 51.0 Å². The average molecular weight is 617 g/mol. The van der Waals surface area contributed by atoms with Crippen molar-refractivity contribution < 1.29 is 28.2 Å². The molecule has 1 heterocycles. The summed E-state index contributed by atoms with van der Waals surface area (Å²) in [5.74, 6) is -0.311. The maximum Gasteiger partial charge on any atom is 0.338 e. The number of carbonyl (C=O) groups excluding carboxylic acids is 2. The summed E-state index contributed by atoms with van der Waals surface area (Å²) in [5.41, 5.74) is 6.02. The van der Waals surface area contributed by atoms with Gasteiger partial charge < -0.3 is 24.8 Å². The molecule has 4 rings (SSSR count). The Morgan fingerprint density at radius 3 is 2.61 bits per heavy atom. The molecule has 0 bridgehead atoms. The van der Waals surface area contributed by atoms with Gasteiger partial charge in [0.1, 0.15) is 23.9 Å². The maximum atomic E-state index is 14.0. The van der Waals surface area contributed by atoms with Crippen molar-refractivity contribution in [1.82, 2.24) is 16.1 Å². The molecular formula is C33H33FN4O5S. The molecular weight excluding hydrogens is 583 g/mol. The molecule has 0 aromatic heterocycles. The molecule has 1 aliphatic heterocycles. The number of ether oxygens (including phenoxy) is 3. The highest BCUT2D eigenvalue weighted by molar-refractivity contribution is 7.80. The Balaban J connectivity index is 1.39. The fourth-order valence-electron chi connectivity index (χ4n) is 4.52. The number of carbonyl (C=O) groups is 2. The van der Waals surface area contributed by atoms with Gasteiger partial charge >= 0.3 is 5.97 Å². The van der Waals surface area contributed by atoms with Gasteiger partial charge in [-0.3, -0.25) is 4.79 Å². The number of benzene rings is 3. The van der Waals surface area contributed by atoms with Crippen LogP contribution in [0.2, 0.25) is 0 Å². The van der Waals surface area contributed by atoms with E-state index in [0.717, 1.165) is 5.56 Å². The number of rotatable bonds is 13. The minimum Gasteiger partial charge on any atom is -0.489 e. The van der Waals surface area contributed by atoms with Gasteiger partial charge in [0.05, 0.1) is 24.4 Å². The lowest BCUT2D eigenvalue weighted by Crippen LogP contribution is -2.45. The highest BCUT2D eigenvalue weighted by Gasteiger charge is 2.32. The van der Waals surface area contributed by atoms with Crippen molar-refractivity contribution in [2.75, 3.05) is 13.2 Å². The van der Waals surface area contributed by atoms with Crippen molar-refractivity contribution in [3.8, 4) is 11.5 Å². The summed E-state index contributed by atoms with van der Waals surface area (Å²) in [6.07, 6.45) is 3.76. The predicted octanol–water partition coefficient (Wildman–Crippen LogP) is 5.02. The molecule has 3 aromatic carbocycles. The fraction of sp³-hybridized carbons (Fsp3) is 0.212. The first-order valence-electron chi connectivity index (χ1n) is 13.9. The lowest BCUT2D eigenvalue weighted by molar-refractivity contribution is -0.139. The smallest absolute Gasteiger partial charge is 0.338 e. The summed E-state index contributed by atoms with van der Waals surface area (Å²) in [5, 5.41) is 10.5. The molecule has 0 radical (unpaired) electrons. The number of esters is 1. The van der Waals surface area contributed by atoms with E-state index < -0.39 is 17.9 Å². The van der Waals surface area contributed by atoms with Gasteiger partial charge in [-0.25, -0.2) is 14.6 Å². The summed E-state index contributed by atoms with van der Waals surface area (Å²) >= 11 is 5.31. The van der Waals surface area contributed by atoms with Crippen LogP contribution in [-0.4, -0.2) is 36.4 Å². The molecule has 44 heavy (non-hydrogen) atoms. The SMILES string of the molecule is C=CCc1cc(C=NNC(=O)COc2ccccc2[C@H]2NC(=S)NC(C)=C2C(=O)OCC)ccc1OCc1ccccc1F. The second-order valence-electron chi connectivity index (χ2n) is 9.65. The Labute approximate surface area is 260 Å². The van der Waals surface area contributed by atoms with Crippen LogP contribution in [0.1, 0.15) is 42.1 Å².